The molecule has 0 aliphatic carbocycles. The number of halogens is 1. The van der Waals surface area contributed by atoms with Gasteiger partial charge in [0.2, 0.25) is 6.79 Å². The number of nitrogens with one attached hydrogen (secondary N) is 1. The molecule has 2 N–H and O–H groups in total. The number of rotatable bonds is 4. The van der Waals surface area contributed by atoms with Crippen molar-refractivity contribution >= 4 is 16.9 Å². The number of aromatic nitrogens is 2. The van der Waals surface area contributed by atoms with Crippen molar-refractivity contribution in [1.82, 2.24) is 14.9 Å². The molecule has 32 heavy (non-hydrogen) atoms. The van der Waals surface area contributed by atoms with Crippen LogP contribution in [0.15, 0.2) is 65.6 Å². The van der Waals surface area contributed by atoms with Gasteiger partial charge < -0.3 is 19.9 Å². The van der Waals surface area contributed by atoms with Gasteiger partial charge in [-0.25, -0.2) is 9.37 Å². The average Bonchev–Trinajstić information content (AvgIpc) is 3.27. The lowest BCUT2D eigenvalue weighted by Crippen LogP contribution is -2.33. The van der Waals surface area contributed by atoms with E-state index >= 15 is 0 Å². The summed E-state index contributed by atoms with van der Waals surface area (Å²) in [6.45, 7) is 0.225. The number of hydrogen-bond donors (Lipinski definition) is 2. The van der Waals surface area contributed by atoms with Gasteiger partial charge in [-0.2, -0.15) is 0 Å². The van der Waals surface area contributed by atoms with Crippen LogP contribution in [0.5, 0.6) is 17.2 Å². The van der Waals surface area contributed by atoms with Crippen LogP contribution in [0.1, 0.15) is 15.9 Å². The SMILES string of the molecule is O=C(NCc1ccc2c(c1)OCO2)c1c(O)c2cccnc2n(-c2ccc(F)cc2)c1=O. The number of nitrogens with zero attached hydrogens (tertiary/aromatic N) is 2. The number of carbonyl (C=O) groups excluding carboxylic acids is 1. The Hall–Kier alpha value is -4.40. The largest absolute Gasteiger partial charge is 0.506 e. The number of amides is 1. The van der Waals surface area contributed by atoms with Crippen molar-refractivity contribution in [3.05, 3.63) is 88.1 Å². The molecule has 0 fully saturated rings. The minimum atomic E-state index is -0.775. The third-order valence-corrected chi connectivity index (χ3v) is 5.11. The Morgan fingerprint density at radius 3 is 2.72 bits per heavy atom. The predicted molar refractivity (Wildman–Crippen MR) is 113 cm³/mol. The van der Waals surface area contributed by atoms with E-state index in [1.807, 2.05) is 0 Å². The van der Waals surface area contributed by atoms with Crippen LogP contribution < -0.4 is 20.3 Å². The molecule has 4 aromatic rings. The summed E-state index contributed by atoms with van der Waals surface area (Å²) in [5.41, 5.74) is -0.0266. The molecular formula is C23H16FN3O5. The maximum absolute atomic E-state index is 13.4. The highest BCUT2D eigenvalue weighted by molar-refractivity contribution is 6.02. The van der Waals surface area contributed by atoms with E-state index in [-0.39, 0.29) is 24.4 Å². The van der Waals surface area contributed by atoms with Crippen LogP contribution in [0.2, 0.25) is 0 Å². The van der Waals surface area contributed by atoms with Gasteiger partial charge in [0.05, 0.1) is 11.1 Å². The van der Waals surface area contributed by atoms with Crippen molar-refractivity contribution in [3.8, 4) is 22.9 Å². The van der Waals surface area contributed by atoms with E-state index in [0.717, 1.165) is 5.56 Å². The van der Waals surface area contributed by atoms with E-state index in [4.69, 9.17) is 9.47 Å². The third-order valence-electron chi connectivity index (χ3n) is 5.11. The first-order valence-electron chi connectivity index (χ1n) is 9.68. The lowest BCUT2D eigenvalue weighted by Gasteiger charge is -2.14. The van der Waals surface area contributed by atoms with Gasteiger partial charge in [0.15, 0.2) is 17.1 Å². The summed E-state index contributed by atoms with van der Waals surface area (Å²) in [6.07, 6.45) is 1.46. The molecule has 0 saturated heterocycles. The molecule has 0 saturated carbocycles. The summed E-state index contributed by atoms with van der Waals surface area (Å²) < 4.78 is 25.2. The highest BCUT2D eigenvalue weighted by Crippen LogP contribution is 2.32. The van der Waals surface area contributed by atoms with Crippen LogP contribution >= 0.6 is 0 Å². The number of carbonyl (C=O) groups is 1. The van der Waals surface area contributed by atoms with Gasteiger partial charge >= 0.3 is 0 Å². The van der Waals surface area contributed by atoms with E-state index < -0.39 is 28.6 Å². The Bertz CT molecular complexity index is 1420. The fourth-order valence-corrected chi connectivity index (χ4v) is 3.56. The first kappa shape index (κ1) is 19.6. The van der Waals surface area contributed by atoms with Crippen molar-refractivity contribution in [1.29, 1.82) is 0 Å². The van der Waals surface area contributed by atoms with Gasteiger partial charge in [0.1, 0.15) is 17.1 Å². The molecular weight excluding hydrogens is 417 g/mol. The maximum atomic E-state index is 13.4. The Labute approximate surface area is 180 Å². The molecule has 0 atom stereocenters. The molecule has 2 aromatic heterocycles. The molecule has 8 nitrogen and oxygen atoms in total. The van der Waals surface area contributed by atoms with Gasteiger partial charge in [-0.15, -0.1) is 0 Å². The minimum absolute atomic E-state index is 0.0932. The van der Waals surface area contributed by atoms with E-state index in [1.54, 1.807) is 30.3 Å². The molecule has 0 radical (unpaired) electrons. The van der Waals surface area contributed by atoms with E-state index in [0.29, 0.717) is 17.2 Å². The standard InChI is InChI=1S/C23H16FN3O5/c24-14-4-6-15(7-5-14)27-21-16(2-1-9-25-21)20(28)19(23(27)30)22(29)26-11-13-3-8-17-18(10-13)32-12-31-17/h1-10,28H,11-12H2,(H,26,29). The second kappa shape index (κ2) is 7.69. The fourth-order valence-electron chi connectivity index (χ4n) is 3.56. The van der Waals surface area contributed by atoms with Crippen molar-refractivity contribution in [2.75, 3.05) is 6.79 Å². The van der Waals surface area contributed by atoms with Crippen LogP contribution in [-0.2, 0) is 6.54 Å². The minimum Gasteiger partial charge on any atom is -0.506 e. The molecule has 0 unspecified atom stereocenters. The number of pyridine rings is 2. The zero-order valence-corrected chi connectivity index (χ0v) is 16.5. The number of fused-ring (bicyclic) bond motifs is 2. The number of benzene rings is 2. The van der Waals surface area contributed by atoms with Gasteiger partial charge in [-0.1, -0.05) is 6.07 Å². The Kier molecular flexibility index (Phi) is 4.70. The molecule has 5 rings (SSSR count). The van der Waals surface area contributed by atoms with Crippen molar-refractivity contribution in [2.24, 2.45) is 0 Å². The molecule has 1 aliphatic heterocycles. The summed E-state index contributed by atoms with van der Waals surface area (Å²) in [7, 11) is 0. The molecule has 0 spiro atoms. The summed E-state index contributed by atoms with van der Waals surface area (Å²) in [5.74, 6) is -0.525. The highest BCUT2D eigenvalue weighted by atomic mass is 19.1. The summed E-state index contributed by atoms with van der Waals surface area (Å²) in [6, 6.07) is 13.5. The average molecular weight is 433 g/mol. The molecule has 0 bridgehead atoms. The first-order valence-corrected chi connectivity index (χ1v) is 9.68. The second-order valence-electron chi connectivity index (χ2n) is 7.09. The Morgan fingerprint density at radius 2 is 1.91 bits per heavy atom. The Balaban J connectivity index is 1.55. The van der Waals surface area contributed by atoms with Crippen LogP contribution in [0.25, 0.3) is 16.7 Å². The van der Waals surface area contributed by atoms with Crippen LogP contribution in [-0.4, -0.2) is 27.4 Å². The van der Waals surface area contributed by atoms with Crippen LogP contribution in [0.4, 0.5) is 4.39 Å². The highest BCUT2D eigenvalue weighted by Gasteiger charge is 2.24. The topological polar surface area (TPSA) is 103 Å². The molecule has 160 valence electrons. The maximum Gasteiger partial charge on any atom is 0.273 e. The van der Waals surface area contributed by atoms with Crippen molar-refractivity contribution < 1.29 is 23.8 Å². The molecule has 2 aromatic carbocycles. The third kappa shape index (κ3) is 3.29. The number of aromatic hydroxyl groups is 1. The molecule has 1 aliphatic rings. The number of hydrogen-bond acceptors (Lipinski definition) is 6. The Morgan fingerprint density at radius 1 is 1.12 bits per heavy atom. The lowest BCUT2D eigenvalue weighted by atomic mass is 10.1. The summed E-state index contributed by atoms with van der Waals surface area (Å²) in [5, 5.41) is 13.6. The van der Waals surface area contributed by atoms with Gasteiger partial charge in [0, 0.05) is 12.7 Å². The van der Waals surface area contributed by atoms with Crippen molar-refractivity contribution in [3.63, 3.8) is 0 Å². The quantitative estimate of drug-likeness (QED) is 0.513. The van der Waals surface area contributed by atoms with Gasteiger partial charge in [-0.3, -0.25) is 14.2 Å². The molecule has 1 amide bonds. The van der Waals surface area contributed by atoms with E-state index in [1.165, 1.54) is 35.0 Å². The van der Waals surface area contributed by atoms with Crippen LogP contribution in [0, 0.1) is 5.82 Å². The second-order valence-corrected chi connectivity index (χ2v) is 7.09. The van der Waals surface area contributed by atoms with Gasteiger partial charge in [0.25, 0.3) is 11.5 Å². The fraction of sp³-hybridized carbons (Fsp3) is 0.0870. The first-order chi connectivity index (χ1) is 15.5. The lowest BCUT2D eigenvalue weighted by molar-refractivity contribution is 0.0946. The molecule has 3 heterocycles. The zero-order valence-electron chi connectivity index (χ0n) is 16.5. The van der Waals surface area contributed by atoms with E-state index in [9.17, 15) is 19.1 Å². The predicted octanol–water partition coefficient (Wildman–Crippen LogP) is 2.89. The normalized spacial score (nSPS) is 12.2. The number of ether oxygens (including phenoxy) is 2. The smallest absolute Gasteiger partial charge is 0.273 e. The monoisotopic (exact) mass is 433 g/mol. The van der Waals surface area contributed by atoms with Crippen molar-refractivity contribution in [2.45, 2.75) is 6.54 Å². The zero-order chi connectivity index (χ0) is 22.2. The molecule has 9 heteroatoms. The van der Waals surface area contributed by atoms with E-state index in [2.05, 4.69) is 10.3 Å². The van der Waals surface area contributed by atoms with Gasteiger partial charge in [-0.05, 0) is 54.1 Å². The summed E-state index contributed by atoms with van der Waals surface area (Å²) in [4.78, 5) is 30.4. The van der Waals surface area contributed by atoms with Crippen LogP contribution in [0.3, 0.4) is 0 Å². The summed E-state index contributed by atoms with van der Waals surface area (Å²) >= 11 is 0.